The van der Waals surface area contributed by atoms with Gasteiger partial charge >= 0.3 is 0 Å². The number of ketones is 1. The van der Waals surface area contributed by atoms with E-state index in [1.165, 1.54) is 29.0 Å². The molecular formula is C24H25NO3S. The van der Waals surface area contributed by atoms with E-state index in [2.05, 4.69) is 29.7 Å². The van der Waals surface area contributed by atoms with Crippen LogP contribution >= 0.6 is 11.3 Å². The molecule has 4 rings (SSSR count). The molecule has 0 radical (unpaired) electrons. The maximum absolute atomic E-state index is 12.8. The van der Waals surface area contributed by atoms with Gasteiger partial charge in [-0.15, -0.1) is 11.3 Å². The van der Waals surface area contributed by atoms with Crippen LogP contribution in [0.5, 0.6) is 11.5 Å². The van der Waals surface area contributed by atoms with Gasteiger partial charge in [-0.1, -0.05) is 26.0 Å². The Balaban J connectivity index is 0.00000117. The fourth-order valence-electron chi connectivity index (χ4n) is 3.15. The van der Waals surface area contributed by atoms with Gasteiger partial charge in [0.25, 0.3) is 0 Å². The molecule has 0 aliphatic heterocycles. The van der Waals surface area contributed by atoms with E-state index in [4.69, 9.17) is 4.74 Å². The number of aryl methyl sites for hydroxylation is 1. The molecule has 0 bridgehead atoms. The topological polar surface area (TPSA) is 51.5 Å². The Hall–Kier alpha value is -3.05. The van der Waals surface area contributed by atoms with E-state index in [0.29, 0.717) is 10.4 Å². The van der Waals surface area contributed by atoms with Crippen LogP contribution in [0, 0.1) is 6.92 Å². The molecule has 0 saturated carbocycles. The van der Waals surface area contributed by atoms with Crippen molar-refractivity contribution in [2.75, 3.05) is 7.11 Å². The largest absolute Gasteiger partial charge is 0.508 e. The minimum Gasteiger partial charge on any atom is -0.508 e. The summed E-state index contributed by atoms with van der Waals surface area (Å²) in [5, 5.41) is 10.5. The zero-order chi connectivity index (χ0) is 21.0. The Kier molecular flexibility index (Phi) is 6.39. The highest BCUT2D eigenvalue weighted by Gasteiger charge is 2.16. The molecule has 0 saturated heterocycles. The second-order valence-corrected chi connectivity index (χ2v) is 7.50. The molecule has 4 nitrogen and oxygen atoms in total. The van der Waals surface area contributed by atoms with Crippen molar-refractivity contribution in [1.29, 1.82) is 0 Å². The van der Waals surface area contributed by atoms with E-state index < -0.39 is 0 Å². The lowest BCUT2D eigenvalue weighted by Crippen LogP contribution is -2.01. The summed E-state index contributed by atoms with van der Waals surface area (Å²) in [6, 6.07) is 18.5. The van der Waals surface area contributed by atoms with Gasteiger partial charge in [0, 0.05) is 23.2 Å². The number of nitrogens with zero attached hydrogens (tertiary/aromatic N) is 1. The molecular weight excluding hydrogens is 382 g/mol. The number of hydrogen-bond acceptors (Lipinski definition) is 4. The maximum Gasteiger partial charge on any atom is 0.203 e. The third-order valence-corrected chi connectivity index (χ3v) is 5.80. The van der Waals surface area contributed by atoms with E-state index in [1.54, 1.807) is 19.2 Å². The van der Waals surface area contributed by atoms with E-state index >= 15 is 0 Å². The standard InChI is InChI=1S/C22H19NO3S.C2H6/c1-14-11-17-12-20(21(25)16-5-7-18(24)8-6-16)27-22(17)23(14)13-15-3-9-19(26-2)10-4-15;1-2/h3-12,24H,13H2,1-2H3;1-2H3. The van der Waals surface area contributed by atoms with Crippen LogP contribution in [0.1, 0.15) is 40.3 Å². The number of aromatic nitrogens is 1. The average molecular weight is 408 g/mol. The van der Waals surface area contributed by atoms with E-state index in [1.807, 2.05) is 32.0 Å². The van der Waals surface area contributed by atoms with Crippen LogP contribution in [0.3, 0.4) is 0 Å². The molecule has 4 aromatic rings. The number of phenolic OH excluding ortho intramolecular Hbond substituents is 1. The van der Waals surface area contributed by atoms with Gasteiger partial charge in [0.15, 0.2) is 0 Å². The summed E-state index contributed by atoms with van der Waals surface area (Å²) in [4.78, 5) is 14.5. The quantitative estimate of drug-likeness (QED) is 0.411. The monoisotopic (exact) mass is 407 g/mol. The Morgan fingerprint density at radius 3 is 2.31 bits per heavy atom. The minimum atomic E-state index is -0.0233. The first kappa shape index (κ1) is 20.7. The second kappa shape index (κ2) is 8.97. The highest BCUT2D eigenvalue weighted by atomic mass is 32.1. The fraction of sp³-hybridized carbons (Fsp3) is 0.208. The smallest absolute Gasteiger partial charge is 0.203 e. The molecule has 150 valence electrons. The number of thiophene rings is 1. The molecule has 0 fully saturated rings. The fourth-order valence-corrected chi connectivity index (χ4v) is 4.31. The first-order valence-corrected chi connectivity index (χ1v) is 10.4. The Labute approximate surface area is 175 Å². The van der Waals surface area contributed by atoms with E-state index in [0.717, 1.165) is 28.2 Å². The van der Waals surface area contributed by atoms with Crippen LogP contribution in [0.2, 0.25) is 0 Å². The molecule has 0 atom stereocenters. The van der Waals surface area contributed by atoms with Crippen LogP contribution in [-0.2, 0) is 6.54 Å². The number of ether oxygens (including phenoxy) is 1. The lowest BCUT2D eigenvalue weighted by Gasteiger charge is -2.08. The van der Waals surface area contributed by atoms with Gasteiger partial charge in [0.05, 0.1) is 12.0 Å². The van der Waals surface area contributed by atoms with Crippen molar-refractivity contribution < 1.29 is 14.6 Å². The molecule has 1 N–H and O–H groups in total. The summed E-state index contributed by atoms with van der Waals surface area (Å²) in [5.41, 5.74) is 2.92. The number of aromatic hydroxyl groups is 1. The van der Waals surface area contributed by atoms with Gasteiger partial charge < -0.3 is 14.4 Å². The first-order chi connectivity index (χ1) is 14.0. The number of carbonyl (C=O) groups excluding carboxylic acids is 1. The molecule has 0 aliphatic rings. The number of fused-ring (bicyclic) bond motifs is 1. The van der Waals surface area contributed by atoms with Crippen molar-refractivity contribution in [2.45, 2.75) is 27.3 Å². The normalized spacial score (nSPS) is 10.5. The molecule has 2 aromatic carbocycles. The van der Waals surface area contributed by atoms with E-state index in [9.17, 15) is 9.90 Å². The number of hydrogen-bond donors (Lipinski definition) is 1. The molecule has 2 heterocycles. The third-order valence-electron chi connectivity index (χ3n) is 4.63. The maximum atomic E-state index is 12.8. The van der Waals surface area contributed by atoms with Crippen molar-refractivity contribution in [3.05, 3.63) is 82.4 Å². The Bertz CT molecular complexity index is 1110. The lowest BCUT2D eigenvalue weighted by atomic mass is 10.1. The highest BCUT2D eigenvalue weighted by molar-refractivity contribution is 7.20. The van der Waals surface area contributed by atoms with Crippen molar-refractivity contribution >= 4 is 27.3 Å². The SMILES string of the molecule is CC.COc1ccc(Cn2c(C)cc3cc(C(=O)c4ccc(O)cc4)sc32)cc1. The Morgan fingerprint density at radius 2 is 1.69 bits per heavy atom. The molecule has 2 aromatic heterocycles. The molecule has 29 heavy (non-hydrogen) atoms. The summed E-state index contributed by atoms with van der Waals surface area (Å²) < 4.78 is 7.45. The summed E-state index contributed by atoms with van der Waals surface area (Å²) in [7, 11) is 1.66. The number of methoxy groups -OCH3 is 1. The predicted molar refractivity (Wildman–Crippen MR) is 120 cm³/mol. The van der Waals surface area contributed by atoms with E-state index in [-0.39, 0.29) is 11.5 Å². The predicted octanol–water partition coefficient (Wildman–Crippen LogP) is 6.03. The van der Waals surface area contributed by atoms with Crippen LogP contribution in [0.4, 0.5) is 0 Å². The van der Waals surface area contributed by atoms with Crippen molar-refractivity contribution in [3.8, 4) is 11.5 Å². The zero-order valence-corrected chi connectivity index (χ0v) is 17.9. The number of carbonyl (C=O) groups is 1. The molecule has 0 aliphatic carbocycles. The van der Waals surface area contributed by atoms with Crippen LogP contribution in [-0.4, -0.2) is 22.6 Å². The van der Waals surface area contributed by atoms with Gasteiger partial charge in [-0.25, -0.2) is 0 Å². The number of benzene rings is 2. The van der Waals surface area contributed by atoms with Crippen LogP contribution in [0.15, 0.2) is 60.7 Å². The highest BCUT2D eigenvalue weighted by Crippen LogP contribution is 2.31. The minimum absolute atomic E-state index is 0.0233. The summed E-state index contributed by atoms with van der Waals surface area (Å²) in [6.07, 6.45) is 0. The second-order valence-electron chi connectivity index (χ2n) is 6.47. The molecule has 0 unspecified atom stereocenters. The van der Waals surface area contributed by atoms with Gasteiger partial charge in [0.1, 0.15) is 16.3 Å². The van der Waals surface area contributed by atoms with Gasteiger partial charge in [-0.3, -0.25) is 4.79 Å². The molecule has 0 spiro atoms. The van der Waals surface area contributed by atoms with Gasteiger partial charge in [-0.05, 0) is 61.0 Å². The lowest BCUT2D eigenvalue weighted by molar-refractivity contribution is 0.104. The molecule has 5 heteroatoms. The van der Waals surface area contributed by atoms with Crippen molar-refractivity contribution in [1.82, 2.24) is 4.57 Å². The van der Waals surface area contributed by atoms with Crippen LogP contribution in [0.25, 0.3) is 10.2 Å². The van der Waals surface area contributed by atoms with Crippen molar-refractivity contribution in [2.24, 2.45) is 0 Å². The first-order valence-electron chi connectivity index (χ1n) is 9.61. The summed E-state index contributed by atoms with van der Waals surface area (Å²) in [6.45, 7) is 6.82. The molecule has 0 amide bonds. The average Bonchev–Trinajstić information content (AvgIpc) is 3.28. The van der Waals surface area contributed by atoms with Crippen LogP contribution < -0.4 is 4.74 Å². The third kappa shape index (κ3) is 4.35. The summed E-state index contributed by atoms with van der Waals surface area (Å²) in [5.74, 6) is 0.973. The zero-order valence-electron chi connectivity index (χ0n) is 17.1. The number of phenols is 1. The summed E-state index contributed by atoms with van der Waals surface area (Å²) >= 11 is 1.51. The van der Waals surface area contributed by atoms with Gasteiger partial charge in [0.2, 0.25) is 5.78 Å². The Morgan fingerprint density at radius 1 is 1.03 bits per heavy atom. The van der Waals surface area contributed by atoms with Gasteiger partial charge in [-0.2, -0.15) is 0 Å². The number of rotatable bonds is 5. The van der Waals surface area contributed by atoms with Crippen molar-refractivity contribution in [3.63, 3.8) is 0 Å².